The highest BCUT2D eigenvalue weighted by Gasteiger charge is 2.27. The zero-order valence-corrected chi connectivity index (χ0v) is 12.9. The van der Waals surface area contributed by atoms with Gasteiger partial charge in [-0.15, -0.1) is 0 Å². The van der Waals surface area contributed by atoms with Crippen LogP contribution in [0.2, 0.25) is 0 Å². The number of aliphatic hydroxyl groups excluding tert-OH is 1. The molecule has 112 valence electrons. The van der Waals surface area contributed by atoms with Crippen molar-refractivity contribution in [1.29, 1.82) is 0 Å². The second-order valence-electron chi connectivity index (χ2n) is 6.02. The van der Waals surface area contributed by atoms with Crippen LogP contribution in [0.15, 0.2) is 0 Å². The Morgan fingerprint density at radius 3 is 2.58 bits per heavy atom. The molecule has 1 fully saturated rings. The Kier molecular flexibility index (Phi) is 6.80. The SMILES string of the molecule is CCC1CCCCN1C(=O)CN(CC(C)O)C(C)C. The Labute approximate surface area is 117 Å². The first-order valence-electron chi connectivity index (χ1n) is 7.67. The molecule has 2 atom stereocenters. The van der Waals surface area contributed by atoms with Crippen LogP contribution in [0.4, 0.5) is 0 Å². The number of likely N-dealkylation sites (tertiary alicyclic amines) is 1. The Balaban J connectivity index is 2.59. The highest BCUT2D eigenvalue weighted by molar-refractivity contribution is 5.78. The molecule has 0 aromatic heterocycles. The number of carbonyl (C=O) groups is 1. The summed E-state index contributed by atoms with van der Waals surface area (Å²) in [5.74, 6) is 0.223. The number of piperidine rings is 1. The van der Waals surface area contributed by atoms with E-state index in [9.17, 15) is 9.90 Å². The summed E-state index contributed by atoms with van der Waals surface area (Å²) in [7, 11) is 0. The molecule has 1 N–H and O–H groups in total. The number of amides is 1. The molecule has 0 saturated carbocycles. The van der Waals surface area contributed by atoms with E-state index in [-0.39, 0.29) is 11.9 Å². The predicted molar refractivity (Wildman–Crippen MR) is 78.0 cm³/mol. The molecule has 0 radical (unpaired) electrons. The fourth-order valence-corrected chi connectivity index (χ4v) is 2.82. The van der Waals surface area contributed by atoms with Gasteiger partial charge in [-0.05, 0) is 46.5 Å². The van der Waals surface area contributed by atoms with Crippen molar-refractivity contribution in [2.45, 2.75) is 71.6 Å². The Hall–Kier alpha value is -0.610. The van der Waals surface area contributed by atoms with Crippen LogP contribution in [0, 0.1) is 0 Å². The molecule has 19 heavy (non-hydrogen) atoms. The topological polar surface area (TPSA) is 43.8 Å². The summed E-state index contributed by atoms with van der Waals surface area (Å²) in [5.41, 5.74) is 0. The van der Waals surface area contributed by atoms with Gasteiger partial charge < -0.3 is 10.0 Å². The van der Waals surface area contributed by atoms with Crippen molar-refractivity contribution >= 4 is 5.91 Å². The van der Waals surface area contributed by atoms with Gasteiger partial charge >= 0.3 is 0 Å². The lowest BCUT2D eigenvalue weighted by molar-refractivity contribution is -0.137. The number of rotatable bonds is 6. The summed E-state index contributed by atoms with van der Waals surface area (Å²) in [6.07, 6.45) is 4.16. The van der Waals surface area contributed by atoms with Crippen molar-refractivity contribution < 1.29 is 9.90 Å². The van der Waals surface area contributed by atoms with E-state index < -0.39 is 6.10 Å². The molecule has 0 aliphatic carbocycles. The highest BCUT2D eigenvalue weighted by Crippen LogP contribution is 2.20. The molecular weight excluding hydrogens is 240 g/mol. The van der Waals surface area contributed by atoms with Crippen LogP contribution < -0.4 is 0 Å². The molecule has 1 aliphatic heterocycles. The molecule has 0 spiro atoms. The van der Waals surface area contributed by atoms with Crippen molar-refractivity contribution in [3.63, 3.8) is 0 Å². The van der Waals surface area contributed by atoms with E-state index in [0.29, 0.717) is 19.1 Å². The molecule has 1 rings (SSSR count). The van der Waals surface area contributed by atoms with Gasteiger partial charge in [-0.3, -0.25) is 9.69 Å². The van der Waals surface area contributed by atoms with E-state index in [0.717, 1.165) is 25.8 Å². The monoisotopic (exact) mass is 270 g/mol. The molecule has 4 nitrogen and oxygen atoms in total. The average molecular weight is 270 g/mol. The molecular formula is C15H30N2O2. The van der Waals surface area contributed by atoms with Crippen molar-refractivity contribution in [2.24, 2.45) is 0 Å². The lowest BCUT2D eigenvalue weighted by atomic mass is 10.00. The lowest BCUT2D eigenvalue weighted by Gasteiger charge is -2.37. The van der Waals surface area contributed by atoms with Crippen LogP contribution in [0.25, 0.3) is 0 Å². The second kappa shape index (κ2) is 7.85. The average Bonchev–Trinajstić information content (AvgIpc) is 2.37. The standard InChI is InChI=1S/C15H30N2O2/c1-5-14-8-6-7-9-17(14)15(19)11-16(12(2)3)10-13(4)18/h12-14,18H,5-11H2,1-4H3. The Morgan fingerprint density at radius 1 is 1.37 bits per heavy atom. The smallest absolute Gasteiger partial charge is 0.237 e. The van der Waals surface area contributed by atoms with Crippen LogP contribution in [-0.2, 0) is 4.79 Å². The number of hydrogen-bond acceptors (Lipinski definition) is 3. The van der Waals surface area contributed by atoms with Crippen molar-refractivity contribution in [2.75, 3.05) is 19.6 Å². The minimum absolute atomic E-state index is 0.223. The first kappa shape index (κ1) is 16.4. The van der Waals surface area contributed by atoms with E-state index in [1.807, 2.05) is 0 Å². The van der Waals surface area contributed by atoms with Gasteiger partial charge in [0.15, 0.2) is 0 Å². The van der Waals surface area contributed by atoms with Gasteiger partial charge in [0.1, 0.15) is 0 Å². The molecule has 2 unspecified atom stereocenters. The highest BCUT2D eigenvalue weighted by atomic mass is 16.3. The van der Waals surface area contributed by atoms with E-state index in [1.54, 1.807) is 6.92 Å². The largest absolute Gasteiger partial charge is 0.392 e. The molecule has 1 amide bonds. The van der Waals surface area contributed by atoms with Crippen LogP contribution in [0.3, 0.4) is 0 Å². The number of nitrogens with zero attached hydrogens (tertiary/aromatic N) is 2. The first-order valence-corrected chi connectivity index (χ1v) is 7.67. The molecule has 0 aromatic rings. The molecule has 0 bridgehead atoms. The van der Waals surface area contributed by atoms with E-state index >= 15 is 0 Å². The van der Waals surface area contributed by atoms with Gasteiger partial charge in [-0.1, -0.05) is 6.92 Å². The van der Waals surface area contributed by atoms with Gasteiger partial charge in [0, 0.05) is 25.2 Å². The minimum atomic E-state index is -0.390. The Bertz CT molecular complexity index is 279. The van der Waals surface area contributed by atoms with Gasteiger partial charge in [-0.2, -0.15) is 0 Å². The molecule has 1 aliphatic rings. The summed E-state index contributed by atoms with van der Waals surface area (Å²) in [6.45, 7) is 9.97. The van der Waals surface area contributed by atoms with Gasteiger partial charge in [0.25, 0.3) is 0 Å². The lowest BCUT2D eigenvalue weighted by Crippen LogP contribution is -2.50. The summed E-state index contributed by atoms with van der Waals surface area (Å²) >= 11 is 0. The van der Waals surface area contributed by atoms with Crippen molar-refractivity contribution in [3.05, 3.63) is 0 Å². The number of carbonyl (C=O) groups excluding carboxylic acids is 1. The number of aliphatic hydroxyl groups is 1. The van der Waals surface area contributed by atoms with Gasteiger partial charge in [0.05, 0.1) is 12.6 Å². The molecule has 0 aromatic carbocycles. The summed E-state index contributed by atoms with van der Waals surface area (Å²) in [5, 5.41) is 9.53. The fourth-order valence-electron chi connectivity index (χ4n) is 2.82. The van der Waals surface area contributed by atoms with E-state index in [2.05, 4.69) is 30.6 Å². The third-order valence-corrected chi connectivity index (χ3v) is 3.99. The zero-order valence-electron chi connectivity index (χ0n) is 12.9. The van der Waals surface area contributed by atoms with E-state index in [4.69, 9.17) is 0 Å². The maximum Gasteiger partial charge on any atom is 0.237 e. The molecule has 1 saturated heterocycles. The quantitative estimate of drug-likeness (QED) is 0.801. The maximum absolute atomic E-state index is 12.5. The van der Waals surface area contributed by atoms with Crippen molar-refractivity contribution in [1.82, 2.24) is 9.80 Å². The molecule has 1 heterocycles. The summed E-state index contributed by atoms with van der Waals surface area (Å²) in [6, 6.07) is 0.699. The fraction of sp³-hybridized carbons (Fsp3) is 0.933. The zero-order chi connectivity index (χ0) is 14.4. The third-order valence-electron chi connectivity index (χ3n) is 3.99. The van der Waals surface area contributed by atoms with Crippen LogP contribution in [-0.4, -0.2) is 58.6 Å². The number of hydrogen-bond donors (Lipinski definition) is 1. The van der Waals surface area contributed by atoms with Gasteiger partial charge in [0.2, 0.25) is 5.91 Å². The normalized spacial score (nSPS) is 22.1. The second-order valence-corrected chi connectivity index (χ2v) is 6.02. The van der Waals surface area contributed by atoms with Crippen LogP contribution in [0.1, 0.15) is 53.4 Å². The van der Waals surface area contributed by atoms with E-state index in [1.165, 1.54) is 6.42 Å². The predicted octanol–water partition coefficient (Wildman–Crippen LogP) is 1.87. The summed E-state index contributed by atoms with van der Waals surface area (Å²) < 4.78 is 0. The van der Waals surface area contributed by atoms with Crippen LogP contribution in [0.5, 0.6) is 0 Å². The van der Waals surface area contributed by atoms with Gasteiger partial charge in [-0.25, -0.2) is 0 Å². The minimum Gasteiger partial charge on any atom is -0.392 e. The maximum atomic E-state index is 12.5. The molecule has 4 heteroatoms. The van der Waals surface area contributed by atoms with Crippen LogP contribution >= 0.6 is 0 Å². The summed E-state index contributed by atoms with van der Waals surface area (Å²) in [4.78, 5) is 16.6. The third kappa shape index (κ3) is 5.11. The van der Waals surface area contributed by atoms with Crippen molar-refractivity contribution in [3.8, 4) is 0 Å². The Morgan fingerprint density at radius 2 is 2.05 bits per heavy atom. The first-order chi connectivity index (χ1) is 8.95.